The third kappa shape index (κ3) is 3.53. The lowest BCUT2D eigenvalue weighted by Crippen LogP contribution is -2.38. The number of aliphatic hydroxyl groups is 1. The summed E-state index contributed by atoms with van der Waals surface area (Å²) in [6, 6.07) is 6.36. The quantitative estimate of drug-likeness (QED) is 0.895. The topological polar surface area (TPSA) is 32.7 Å². The lowest BCUT2D eigenvalue weighted by Gasteiger charge is -2.28. The molecule has 1 N–H and O–H groups in total. The van der Waals surface area contributed by atoms with Crippen LogP contribution in [0.5, 0.6) is 5.75 Å². The molecule has 1 aliphatic carbocycles. The van der Waals surface area contributed by atoms with Crippen LogP contribution in [0, 0.1) is 0 Å². The molecule has 0 bridgehead atoms. The summed E-state index contributed by atoms with van der Waals surface area (Å²) < 4.78 is 5.76. The van der Waals surface area contributed by atoms with E-state index in [1.165, 1.54) is 49.7 Å². The van der Waals surface area contributed by atoms with Gasteiger partial charge in [-0.15, -0.1) is 0 Å². The number of hydrogen-bond acceptors (Lipinski definition) is 3. The van der Waals surface area contributed by atoms with Gasteiger partial charge in [-0.1, -0.05) is 12.5 Å². The van der Waals surface area contributed by atoms with E-state index in [9.17, 15) is 5.11 Å². The van der Waals surface area contributed by atoms with Crippen molar-refractivity contribution >= 4 is 0 Å². The van der Waals surface area contributed by atoms with Gasteiger partial charge >= 0.3 is 0 Å². The molecule has 1 saturated heterocycles. The van der Waals surface area contributed by atoms with Gasteiger partial charge in [0.25, 0.3) is 0 Å². The van der Waals surface area contributed by atoms with Gasteiger partial charge in [0.05, 0.1) is 0 Å². The summed E-state index contributed by atoms with van der Waals surface area (Å²) in [5, 5.41) is 10.1. The average Bonchev–Trinajstić information content (AvgIpc) is 2.93. The van der Waals surface area contributed by atoms with Gasteiger partial charge in [-0.05, 0) is 68.5 Å². The SMILES string of the molecule is O[C@@H](COc1ccc2c(c1)CCC2)CN1CCCCC1. The molecule has 3 rings (SSSR count). The lowest BCUT2D eigenvalue weighted by atomic mass is 10.1. The zero-order valence-electron chi connectivity index (χ0n) is 12.2. The number of nitrogens with zero attached hydrogens (tertiary/aromatic N) is 1. The molecule has 0 aromatic heterocycles. The summed E-state index contributed by atoms with van der Waals surface area (Å²) in [6.45, 7) is 3.38. The number of hydrogen-bond donors (Lipinski definition) is 1. The molecule has 1 atom stereocenters. The summed E-state index contributed by atoms with van der Waals surface area (Å²) in [6.07, 6.45) is 7.10. The van der Waals surface area contributed by atoms with Crippen LogP contribution in [0.3, 0.4) is 0 Å². The highest BCUT2D eigenvalue weighted by Crippen LogP contribution is 2.26. The number of aryl methyl sites for hydroxylation is 2. The number of β-amino-alcohol motifs (C(OH)–C–C–N with tert-alkyl or cyclic N) is 1. The average molecular weight is 275 g/mol. The van der Waals surface area contributed by atoms with E-state index in [4.69, 9.17) is 4.74 Å². The van der Waals surface area contributed by atoms with Crippen molar-refractivity contribution in [3.63, 3.8) is 0 Å². The van der Waals surface area contributed by atoms with Gasteiger partial charge in [-0.2, -0.15) is 0 Å². The van der Waals surface area contributed by atoms with Crippen molar-refractivity contribution in [1.82, 2.24) is 4.90 Å². The molecule has 0 spiro atoms. The van der Waals surface area contributed by atoms with Crippen molar-refractivity contribution in [2.75, 3.05) is 26.2 Å². The molecule has 2 aliphatic rings. The molecule has 0 amide bonds. The van der Waals surface area contributed by atoms with E-state index in [0.29, 0.717) is 6.61 Å². The van der Waals surface area contributed by atoms with E-state index < -0.39 is 0 Å². The number of rotatable bonds is 5. The molecule has 1 aliphatic heterocycles. The maximum Gasteiger partial charge on any atom is 0.119 e. The number of aliphatic hydroxyl groups excluding tert-OH is 1. The predicted octanol–water partition coefficient (Wildman–Crippen LogP) is 2.40. The summed E-state index contributed by atoms with van der Waals surface area (Å²) in [5.74, 6) is 0.906. The Hall–Kier alpha value is -1.06. The minimum Gasteiger partial charge on any atom is -0.491 e. The largest absolute Gasteiger partial charge is 0.491 e. The summed E-state index contributed by atoms with van der Waals surface area (Å²) in [7, 11) is 0. The van der Waals surface area contributed by atoms with E-state index in [-0.39, 0.29) is 6.10 Å². The minimum atomic E-state index is -0.388. The highest BCUT2D eigenvalue weighted by molar-refractivity contribution is 5.38. The predicted molar refractivity (Wildman–Crippen MR) is 80.3 cm³/mol. The van der Waals surface area contributed by atoms with Crippen LogP contribution in [-0.4, -0.2) is 42.4 Å². The molecular formula is C17H25NO2. The first-order valence-electron chi connectivity index (χ1n) is 7.96. The molecule has 0 radical (unpaired) electrons. The van der Waals surface area contributed by atoms with Crippen molar-refractivity contribution in [3.8, 4) is 5.75 Å². The van der Waals surface area contributed by atoms with E-state index in [1.807, 2.05) is 6.07 Å². The van der Waals surface area contributed by atoms with E-state index >= 15 is 0 Å². The normalized spacial score (nSPS) is 20.6. The first-order valence-corrected chi connectivity index (χ1v) is 7.96. The van der Waals surface area contributed by atoms with Crippen molar-refractivity contribution < 1.29 is 9.84 Å². The first-order chi connectivity index (χ1) is 9.81. The molecule has 0 saturated carbocycles. The second kappa shape index (κ2) is 6.59. The molecule has 1 heterocycles. The Morgan fingerprint density at radius 3 is 2.70 bits per heavy atom. The van der Waals surface area contributed by atoms with Crippen LogP contribution in [0.1, 0.15) is 36.8 Å². The molecule has 20 heavy (non-hydrogen) atoms. The van der Waals surface area contributed by atoms with Gasteiger partial charge in [0, 0.05) is 6.54 Å². The summed E-state index contributed by atoms with van der Waals surface area (Å²) in [4.78, 5) is 2.35. The number of likely N-dealkylation sites (tertiary alicyclic amines) is 1. The third-order valence-corrected chi connectivity index (χ3v) is 4.43. The summed E-state index contributed by atoms with van der Waals surface area (Å²) in [5.41, 5.74) is 2.89. The maximum atomic E-state index is 10.1. The van der Waals surface area contributed by atoms with E-state index in [1.54, 1.807) is 0 Å². The standard InChI is InChI=1S/C17H25NO2/c19-16(12-18-9-2-1-3-10-18)13-20-17-8-7-14-5-4-6-15(14)11-17/h7-8,11,16,19H,1-6,9-10,12-13H2/t16-/m1/s1. The van der Waals surface area contributed by atoms with Gasteiger partial charge in [0.15, 0.2) is 0 Å². The molecule has 1 fully saturated rings. The Kier molecular flexibility index (Phi) is 4.58. The minimum absolute atomic E-state index is 0.388. The van der Waals surface area contributed by atoms with Gasteiger partial charge < -0.3 is 14.7 Å². The second-order valence-electron chi connectivity index (χ2n) is 6.11. The Bertz CT molecular complexity index is 441. The molecule has 0 unspecified atom stereocenters. The number of piperidine rings is 1. The van der Waals surface area contributed by atoms with Crippen LogP contribution >= 0.6 is 0 Å². The highest BCUT2D eigenvalue weighted by Gasteiger charge is 2.16. The zero-order chi connectivity index (χ0) is 13.8. The fourth-order valence-electron chi connectivity index (χ4n) is 3.32. The number of fused-ring (bicyclic) bond motifs is 1. The monoisotopic (exact) mass is 275 g/mol. The summed E-state index contributed by atoms with van der Waals surface area (Å²) >= 11 is 0. The molecular weight excluding hydrogens is 250 g/mol. The van der Waals surface area contributed by atoms with Gasteiger partial charge in [-0.3, -0.25) is 0 Å². The number of ether oxygens (including phenoxy) is 1. The Morgan fingerprint density at radius 2 is 1.85 bits per heavy atom. The fraction of sp³-hybridized carbons (Fsp3) is 0.647. The van der Waals surface area contributed by atoms with Crippen LogP contribution < -0.4 is 4.74 Å². The van der Waals surface area contributed by atoms with Crippen LogP contribution in [0.4, 0.5) is 0 Å². The smallest absolute Gasteiger partial charge is 0.119 e. The third-order valence-electron chi connectivity index (χ3n) is 4.43. The van der Waals surface area contributed by atoms with Crippen LogP contribution in [-0.2, 0) is 12.8 Å². The molecule has 1 aromatic carbocycles. The van der Waals surface area contributed by atoms with E-state index in [0.717, 1.165) is 25.4 Å². The van der Waals surface area contributed by atoms with Crippen molar-refractivity contribution in [1.29, 1.82) is 0 Å². The first kappa shape index (κ1) is 13.9. The van der Waals surface area contributed by atoms with Crippen molar-refractivity contribution in [2.24, 2.45) is 0 Å². The van der Waals surface area contributed by atoms with Crippen LogP contribution in [0.2, 0.25) is 0 Å². The molecule has 110 valence electrons. The Balaban J connectivity index is 1.46. The van der Waals surface area contributed by atoms with Crippen molar-refractivity contribution in [3.05, 3.63) is 29.3 Å². The molecule has 3 nitrogen and oxygen atoms in total. The fourth-order valence-corrected chi connectivity index (χ4v) is 3.32. The van der Waals surface area contributed by atoms with Gasteiger partial charge in [0.2, 0.25) is 0 Å². The molecule has 3 heteroatoms. The van der Waals surface area contributed by atoms with E-state index in [2.05, 4.69) is 17.0 Å². The zero-order valence-corrected chi connectivity index (χ0v) is 12.2. The van der Waals surface area contributed by atoms with Gasteiger partial charge in [-0.25, -0.2) is 0 Å². The van der Waals surface area contributed by atoms with Crippen LogP contribution in [0.25, 0.3) is 0 Å². The van der Waals surface area contributed by atoms with Crippen LogP contribution in [0.15, 0.2) is 18.2 Å². The maximum absolute atomic E-state index is 10.1. The lowest BCUT2D eigenvalue weighted by molar-refractivity contribution is 0.0617. The van der Waals surface area contributed by atoms with Crippen molar-refractivity contribution in [2.45, 2.75) is 44.6 Å². The highest BCUT2D eigenvalue weighted by atomic mass is 16.5. The molecule has 1 aromatic rings. The second-order valence-corrected chi connectivity index (χ2v) is 6.11. The Morgan fingerprint density at radius 1 is 1.05 bits per heavy atom. The van der Waals surface area contributed by atoms with Gasteiger partial charge in [0.1, 0.15) is 18.5 Å². The Labute approximate surface area is 121 Å². The number of benzene rings is 1.